The van der Waals surface area contributed by atoms with Gasteiger partial charge in [-0.3, -0.25) is 14.6 Å². The van der Waals surface area contributed by atoms with Crippen molar-refractivity contribution in [1.29, 1.82) is 0 Å². The van der Waals surface area contributed by atoms with Crippen LogP contribution in [0, 0.1) is 17.0 Å². The molecule has 28 heavy (non-hydrogen) atoms. The van der Waals surface area contributed by atoms with Crippen LogP contribution in [0.1, 0.15) is 42.6 Å². The Bertz CT molecular complexity index is 888. The molecule has 1 aromatic heterocycles. The van der Waals surface area contributed by atoms with Crippen LogP contribution in [0.15, 0.2) is 36.8 Å². The third-order valence-electron chi connectivity index (χ3n) is 5.65. The number of rotatable bonds is 3. The highest BCUT2D eigenvalue weighted by molar-refractivity contribution is 6.00. The predicted molar refractivity (Wildman–Crippen MR) is 97.5 cm³/mol. The average molecular weight is 386 g/mol. The third-order valence-corrected chi connectivity index (χ3v) is 5.65. The van der Waals surface area contributed by atoms with Crippen molar-refractivity contribution < 1.29 is 18.4 Å². The molecule has 1 saturated heterocycles. The van der Waals surface area contributed by atoms with Gasteiger partial charge in [-0.25, -0.2) is 13.8 Å². The van der Waals surface area contributed by atoms with Crippen molar-refractivity contribution in [2.45, 2.75) is 38.1 Å². The summed E-state index contributed by atoms with van der Waals surface area (Å²) < 4.78 is 27.1. The lowest BCUT2D eigenvalue weighted by molar-refractivity contribution is -0.127. The van der Waals surface area contributed by atoms with E-state index in [2.05, 4.69) is 15.3 Å². The Hall–Kier alpha value is -2.90. The summed E-state index contributed by atoms with van der Waals surface area (Å²) >= 11 is 0. The molecule has 0 unspecified atom stereocenters. The minimum absolute atomic E-state index is 0.129. The fourth-order valence-electron chi connectivity index (χ4n) is 4.34. The zero-order valence-corrected chi connectivity index (χ0v) is 15.2. The molecule has 0 bridgehead atoms. The van der Waals surface area contributed by atoms with Crippen LogP contribution in [0.5, 0.6) is 0 Å². The molecule has 1 N–H and O–H groups in total. The van der Waals surface area contributed by atoms with Gasteiger partial charge >= 0.3 is 0 Å². The molecule has 1 saturated carbocycles. The molecular formula is C20H20F2N4O2. The molecule has 2 amide bonds. The molecular weight excluding hydrogens is 366 g/mol. The fourth-order valence-corrected chi connectivity index (χ4v) is 4.34. The molecule has 1 aliphatic heterocycles. The van der Waals surface area contributed by atoms with E-state index in [1.165, 1.54) is 35.6 Å². The number of halogens is 2. The first-order chi connectivity index (χ1) is 13.5. The highest BCUT2D eigenvalue weighted by Gasteiger charge is 2.49. The maximum Gasteiger partial charge on any atom is 0.271 e. The highest BCUT2D eigenvalue weighted by Crippen LogP contribution is 2.46. The van der Waals surface area contributed by atoms with Crippen molar-refractivity contribution >= 4 is 17.5 Å². The van der Waals surface area contributed by atoms with Gasteiger partial charge in [0, 0.05) is 36.7 Å². The molecule has 2 aromatic rings. The Morgan fingerprint density at radius 3 is 2.68 bits per heavy atom. The van der Waals surface area contributed by atoms with Gasteiger partial charge in [0.15, 0.2) is 0 Å². The molecule has 2 atom stereocenters. The van der Waals surface area contributed by atoms with Gasteiger partial charge in [0.25, 0.3) is 5.91 Å². The van der Waals surface area contributed by atoms with Crippen molar-refractivity contribution in [3.8, 4) is 0 Å². The summed E-state index contributed by atoms with van der Waals surface area (Å²) in [4.78, 5) is 34.9. The molecule has 6 nitrogen and oxygen atoms in total. The first-order valence-electron chi connectivity index (χ1n) is 9.32. The predicted octanol–water partition coefficient (Wildman–Crippen LogP) is 2.85. The smallest absolute Gasteiger partial charge is 0.271 e. The normalized spacial score (nSPS) is 24.6. The van der Waals surface area contributed by atoms with Crippen LogP contribution in [0.2, 0.25) is 0 Å². The van der Waals surface area contributed by atoms with Crippen LogP contribution in [0.25, 0.3) is 0 Å². The van der Waals surface area contributed by atoms with Gasteiger partial charge in [0.2, 0.25) is 5.91 Å². The quantitative estimate of drug-likeness (QED) is 0.880. The average Bonchev–Trinajstić information content (AvgIpc) is 2.97. The second-order valence-electron chi connectivity index (χ2n) is 7.47. The van der Waals surface area contributed by atoms with E-state index in [1.807, 2.05) is 0 Å². The van der Waals surface area contributed by atoms with Crippen LogP contribution < -0.4 is 10.2 Å². The number of anilines is 1. The lowest BCUT2D eigenvalue weighted by atomic mass is 9.71. The largest absolute Gasteiger partial charge is 0.348 e. The number of aromatic nitrogens is 2. The first kappa shape index (κ1) is 18.5. The zero-order valence-electron chi connectivity index (χ0n) is 15.2. The second-order valence-corrected chi connectivity index (χ2v) is 7.47. The van der Waals surface area contributed by atoms with Crippen molar-refractivity contribution in [3.05, 3.63) is 54.1 Å². The Kier molecular flexibility index (Phi) is 4.78. The summed E-state index contributed by atoms with van der Waals surface area (Å²) in [6.45, 7) is 0.409. The van der Waals surface area contributed by atoms with E-state index in [9.17, 15) is 18.4 Å². The van der Waals surface area contributed by atoms with Crippen molar-refractivity contribution in [1.82, 2.24) is 15.3 Å². The summed E-state index contributed by atoms with van der Waals surface area (Å²) in [6.07, 6.45) is 7.72. The summed E-state index contributed by atoms with van der Waals surface area (Å²) in [7, 11) is 0. The number of carbonyl (C=O) groups excluding carboxylic acids is 2. The van der Waals surface area contributed by atoms with Crippen LogP contribution in [-0.4, -0.2) is 34.4 Å². The Labute approximate surface area is 161 Å². The van der Waals surface area contributed by atoms with E-state index in [0.717, 1.165) is 18.9 Å². The highest BCUT2D eigenvalue weighted by atomic mass is 19.1. The van der Waals surface area contributed by atoms with Crippen molar-refractivity contribution in [2.75, 3.05) is 11.4 Å². The van der Waals surface area contributed by atoms with Crippen LogP contribution >= 0.6 is 0 Å². The third kappa shape index (κ3) is 3.46. The molecule has 2 heterocycles. The molecule has 146 valence electrons. The van der Waals surface area contributed by atoms with Gasteiger partial charge in [-0.2, -0.15) is 0 Å². The Morgan fingerprint density at radius 2 is 1.96 bits per heavy atom. The van der Waals surface area contributed by atoms with Gasteiger partial charge in [-0.1, -0.05) is 6.42 Å². The van der Waals surface area contributed by atoms with E-state index in [4.69, 9.17) is 0 Å². The number of hydrogen-bond donors (Lipinski definition) is 1. The van der Waals surface area contributed by atoms with Crippen LogP contribution in [0.3, 0.4) is 0 Å². The van der Waals surface area contributed by atoms with E-state index in [0.29, 0.717) is 25.8 Å². The van der Waals surface area contributed by atoms with Crippen molar-refractivity contribution in [2.24, 2.45) is 5.41 Å². The van der Waals surface area contributed by atoms with E-state index >= 15 is 0 Å². The SMILES string of the molecule is O=C(N[C@@H]1CCC[C@]2(CCN(c3cc(F)cc(F)c3)C2=O)C1)c1cnccn1. The number of hydrogen-bond acceptors (Lipinski definition) is 4. The molecule has 2 fully saturated rings. The Balaban J connectivity index is 1.49. The monoisotopic (exact) mass is 386 g/mol. The molecule has 2 aliphatic rings. The summed E-state index contributed by atoms with van der Waals surface area (Å²) in [5.74, 6) is -1.86. The van der Waals surface area contributed by atoms with Crippen molar-refractivity contribution in [3.63, 3.8) is 0 Å². The fraction of sp³-hybridized carbons (Fsp3) is 0.400. The molecule has 0 radical (unpaired) electrons. The topological polar surface area (TPSA) is 75.2 Å². The molecule has 1 spiro atoms. The number of benzene rings is 1. The molecule has 1 aromatic carbocycles. The van der Waals surface area contributed by atoms with Gasteiger partial charge in [0.05, 0.1) is 11.6 Å². The van der Waals surface area contributed by atoms with E-state index in [1.54, 1.807) is 0 Å². The minimum atomic E-state index is -0.707. The van der Waals surface area contributed by atoms with Gasteiger partial charge in [-0.15, -0.1) is 0 Å². The number of nitrogens with one attached hydrogen (secondary N) is 1. The van der Waals surface area contributed by atoms with E-state index in [-0.39, 0.29) is 29.2 Å². The minimum Gasteiger partial charge on any atom is -0.348 e. The lowest BCUT2D eigenvalue weighted by Gasteiger charge is -2.36. The first-order valence-corrected chi connectivity index (χ1v) is 9.32. The van der Waals surface area contributed by atoms with Crippen LogP contribution in [-0.2, 0) is 4.79 Å². The van der Waals surface area contributed by atoms with Gasteiger partial charge in [0.1, 0.15) is 17.3 Å². The van der Waals surface area contributed by atoms with Gasteiger partial charge in [-0.05, 0) is 37.8 Å². The standard InChI is InChI=1S/C20H20F2N4O2/c21-13-8-14(22)10-16(9-13)26-7-4-20(19(26)28)3-1-2-15(11-20)25-18(27)17-12-23-5-6-24-17/h5-6,8-10,12,15H,1-4,7,11H2,(H,25,27)/t15-,20+/m1/s1. The molecule has 4 rings (SSSR count). The maximum absolute atomic E-state index is 13.6. The zero-order chi connectivity index (χ0) is 19.7. The lowest BCUT2D eigenvalue weighted by Crippen LogP contribution is -2.46. The second kappa shape index (κ2) is 7.26. The number of carbonyl (C=O) groups is 2. The number of nitrogens with zero attached hydrogens (tertiary/aromatic N) is 3. The summed E-state index contributed by atoms with van der Waals surface area (Å²) in [6, 6.07) is 2.99. The summed E-state index contributed by atoms with van der Waals surface area (Å²) in [5, 5.41) is 2.95. The molecule has 8 heteroatoms. The van der Waals surface area contributed by atoms with E-state index < -0.39 is 17.0 Å². The number of amides is 2. The molecule has 1 aliphatic carbocycles. The van der Waals surface area contributed by atoms with Gasteiger partial charge < -0.3 is 10.2 Å². The van der Waals surface area contributed by atoms with Crippen LogP contribution in [0.4, 0.5) is 14.5 Å². The summed E-state index contributed by atoms with van der Waals surface area (Å²) in [5.41, 5.74) is -0.136. The Morgan fingerprint density at radius 1 is 1.18 bits per heavy atom. The maximum atomic E-state index is 13.6.